The van der Waals surface area contributed by atoms with Gasteiger partial charge in [0.25, 0.3) is 5.91 Å². The maximum atomic E-state index is 12.2. The summed E-state index contributed by atoms with van der Waals surface area (Å²) in [4.78, 5) is 12.2. The predicted molar refractivity (Wildman–Crippen MR) is 83.0 cm³/mol. The van der Waals surface area contributed by atoms with E-state index in [1.165, 1.54) is 0 Å². The smallest absolute Gasteiger partial charge is 0.252 e. The highest BCUT2D eigenvalue weighted by atomic mass is 32.2. The van der Waals surface area contributed by atoms with Crippen LogP contribution in [0.2, 0.25) is 0 Å². The van der Waals surface area contributed by atoms with Crippen LogP contribution in [-0.4, -0.2) is 34.7 Å². The molecular formula is C15H20N2O2S. The maximum absolute atomic E-state index is 12.2. The quantitative estimate of drug-likeness (QED) is 0.806. The standard InChI is InChI=1S/C15H20N2O2S/c1-11-6-7-14(13(9-11)5-4-8-16)15(18)17-10-12(2)20(3)19/h6-7,9,12H,8,10,16H2,1-3H3,(H,17,18). The zero-order chi connectivity index (χ0) is 15.1. The van der Waals surface area contributed by atoms with Crippen LogP contribution in [0, 0.1) is 18.8 Å². The van der Waals surface area contributed by atoms with E-state index in [1.54, 1.807) is 12.3 Å². The van der Waals surface area contributed by atoms with E-state index in [2.05, 4.69) is 17.2 Å². The number of carbonyl (C=O) groups is 1. The largest absolute Gasteiger partial charge is 0.351 e. The third-order valence-corrected chi connectivity index (χ3v) is 4.16. The van der Waals surface area contributed by atoms with E-state index in [0.29, 0.717) is 17.7 Å². The third kappa shape index (κ3) is 4.80. The highest BCUT2D eigenvalue weighted by molar-refractivity contribution is 7.84. The summed E-state index contributed by atoms with van der Waals surface area (Å²) in [6.45, 7) is 4.40. The number of rotatable bonds is 4. The molecule has 0 saturated carbocycles. The van der Waals surface area contributed by atoms with Crippen LogP contribution in [0.3, 0.4) is 0 Å². The number of amides is 1. The normalized spacial score (nSPS) is 13.0. The monoisotopic (exact) mass is 292 g/mol. The lowest BCUT2D eigenvalue weighted by Crippen LogP contribution is -2.33. The molecule has 0 fully saturated rings. The molecule has 0 heterocycles. The van der Waals surface area contributed by atoms with Crippen LogP contribution < -0.4 is 11.1 Å². The van der Waals surface area contributed by atoms with Crippen molar-refractivity contribution in [2.45, 2.75) is 19.1 Å². The summed E-state index contributed by atoms with van der Waals surface area (Å²) >= 11 is 0. The van der Waals surface area contributed by atoms with Gasteiger partial charge in [-0.25, -0.2) is 0 Å². The Bertz CT molecular complexity index is 573. The molecule has 0 radical (unpaired) electrons. The summed E-state index contributed by atoms with van der Waals surface area (Å²) in [5.74, 6) is 5.46. The van der Waals surface area contributed by atoms with E-state index < -0.39 is 10.8 Å². The number of carbonyl (C=O) groups excluding carboxylic acids is 1. The zero-order valence-electron chi connectivity index (χ0n) is 12.0. The minimum atomic E-state index is -0.956. The number of hydrogen-bond acceptors (Lipinski definition) is 3. The van der Waals surface area contributed by atoms with Crippen molar-refractivity contribution in [3.05, 3.63) is 34.9 Å². The van der Waals surface area contributed by atoms with Crippen molar-refractivity contribution in [3.8, 4) is 11.8 Å². The Balaban J connectivity index is 2.89. The first-order chi connectivity index (χ1) is 9.45. The molecule has 0 aliphatic rings. The molecule has 1 amide bonds. The number of aryl methyl sites for hydroxylation is 1. The van der Waals surface area contributed by atoms with Crippen molar-refractivity contribution < 1.29 is 9.00 Å². The molecule has 20 heavy (non-hydrogen) atoms. The molecule has 2 unspecified atom stereocenters. The van der Waals surface area contributed by atoms with Gasteiger partial charge in [-0.1, -0.05) is 17.9 Å². The molecule has 4 nitrogen and oxygen atoms in total. The van der Waals surface area contributed by atoms with Crippen molar-refractivity contribution in [2.75, 3.05) is 19.3 Å². The van der Waals surface area contributed by atoms with Gasteiger partial charge in [0.05, 0.1) is 12.1 Å². The Kier molecular flexibility index (Phi) is 6.43. The highest BCUT2D eigenvalue weighted by Gasteiger charge is 2.13. The van der Waals surface area contributed by atoms with Gasteiger partial charge < -0.3 is 11.1 Å². The SMILES string of the molecule is Cc1ccc(C(=O)NCC(C)S(C)=O)c(C#CCN)c1. The molecule has 0 aromatic heterocycles. The molecule has 0 aliphatic heterocycles. The van der Waals surface area contributed by atoms with Gasteiger partial charge >= 0.3 is 0 Å². The lowest BCUT2D eigenvalue weighted by Gasteiger charge is -2.11. The molecule has 5 heteroatoms. The average molecular weight is 292 g/mol. The molecule has 1 rings (SSSR count). The first-order valence-electron chi connectivity index (χ1n) is 6.35. The lowest BCUT2D eigenvalue weighted by molar-refractivity contribution is 0.0954. The summed E-state index contributed by atoms with van der Waals surface area (Å²) < 4.78 is 11.3. The second-order valence-corrected chi connectivity index (χ2v) is 6.38. The Morgan fingerprint density at radius 2 is 2.20 bits per heavy atom. The summed E-state index contributed by atoms with van der Waals surface area (Å²) in [6, 6.07) is 5.47. The second kappa shape index (κ2) is 7.83. The number of benzene rings is 1. The van der Waals surface area contributed by atoms with E-state index in [4.69, 9.17) is 5.73 Å². The van der Waals surface area contributed by atoms with Crippen molar-refractivity contribution in [2.24, 2.45) is 5.73 Å². The van der Waals surface area contributed by atoms with Crippen LogP contribution in [0.5, 0.6) is 0 Å². The topological polar surface area (TPSA) is 72.2 Å². The Morgan fingerprint density at radius 1 is 1.50 bits per heavy atom. The van der Waals surface area contributed by atoms with E-state index in [1.807, 2.05) is 26.0 Å². The summed E-state index contributed by atoms with van der Waals surface area (Å²) in [5.41, 5.74) is 7.58. The molecule has 108 valence electrons. The van der Waals surface area contributed by atoms with E-state index in [0.717, 1.165) is 5.56 Å². The molecule has 3 N–H and O–H groups in total. The molecule has 1 aromatic carbocycles. The molecule has 0 spiro atoms. The van der Waals surface area contributed by atoms with Crippen LogP contribution in [0.15, 0.2) is 18.2 Å². The molecule has 0 aliphatic carbocycles. The maximum Gasteiger partial charge on any atom is 0.252 e. The Morgan fingerprint density at radius 3 is 2.80 bits per heavy atom. The van der Waals surface area contributed by atoms with Gasteiger partial charge in [0.1, 0.15) is 0 Å². The number of nitrogens with two attached hydrogens (primary N) is 1. The van der Waals surface area contributed by atoms with Crippen molar-refractivity contribution in [1.29, 1.82) is 0 Å². The second-order valence-electron chi connectivity index (χ2n) is 4.57. The average Bonchev–Trinajstić information content (AvgIpc) is 2.42. The van der Waals surface area contributed by atoms with Gasteiger partial charge in [-0.05, 0) is 31.5 Å². The summed E-state index contributed by atoms with van der Waals surface area (Å²) in [5, 5.41) is 2.70. The lowest BCUT2D eigenvalue weighted by atomic mass is 10.0. The molecule has 0 bridgehead atoms. The van der Waals surface area contributed by atoms with Crippen LogP contribution in [0.4, 0.5) is 0 Å². The van der Waals surface area contributed by atoms with Gasteiger partial charge in [0, 0.05) is 34.4 Å². The zero-order valence-corrected chi connectivity index (χ0v) is 12.8. The van der Waals surface area contributed by atoms with Crippen molar-refractivity contribution in [1.82, 2.24) is 5.32 Å². The molecule has 1 aromatic rings. The fourth-order valence-corrected chi connectivity index (χ4v) is 1.87. The van der Waals surface area contributed by atoms with Gasteiger partial charge in [-0.3, -0.25) is 9.00 Å². The van der Waals surface area contributed by atoms with Gasteiger partial charge in [0.2, 0.25) is 0 Å². The van der Waals surface area contributed by atoms with E-state index >= 15 is 0 Å². The van der Waals surface area contributed by atoms with Crippen LogP contribution in [0.25, 0.3) is 0 Å². The number of nitrogens with one attached hydrogen (secondary N) is 1. The third-order valence-electron chi connectivity index (χ3n) is 2.86. The fraction of sp³-hybridized carbons (Fsp3) is 0.400. The minimum Gasteiger partial charge on any atom is -0.351 e. The Hall–Kier alpha value is -1.64. The summed E-state index contributed by atoms with van der Waals surface area (Å²) in [6.07, 6.45) is 1.63. The number of hydrogen-bond donors (Lipinski definition) is 2. The first kappa shape index (κ1) is 16.4. The van der Waals surface area contributed by atoms with Gasteiger partial charge in [-0.15, -0.1) is 0 Å². The highest BCUT2D eigenvalue weighted by Crippen LogP contribution is 2.11. The fourth-order valence-electron chi connectivity index (χ4n) is 1.55. The van der Waals surface area contributed by atoms with Gasteiger partial charge in [-0.2, -0.15) is 0 Å². The minimum absolute atomic E-state index is 0.0806. The first-order valence-corrected chi connectivity index (χ1v) is 7.97. The van der Waals surface area contributed by atoms with Crippen molar-refractivity contribution in [3.63, 3.8) is 0 Å². The van der Waals surface area contributed by atoms with Crippen LogP contribution >= 0.6 is 0 Å². The van der Waals surface area contributed by atoms with Crippen molar-refractivity contribution >= 4 is 16.7 Å². The van der Waals surface area contributed by atoms with Crippen LogP contribution in [-0.2, 0) is 10.8 Å². The van der Waals surface area contributed by atoms with E-state index in [-0.39, 0.29) is 17.7 Å². The molecular weight excluding hydrogens is 272 g/mol. The van der Waals surface area contributed by atoms with Gasteiger partial charge in [0.15, 0.2) is 0 Å². The molecule has 0 saturated heterocycles. The predicted octanol–water partition coefficient (Wildman–Crippen LogP) is 0.802. The Labute approximate surface area is 122 Å². The van der Waals surface area contributed by atoms with E-state index in [9.17, 15) is 9.00 Å². The summed E-state index contributed by atoms with van der Waals surface area (Å²) in [7, 11) is -0.956. The van der Waals surface area contributed by atoms with Crippen LogP contribution in [0.1, 0.15) is 28.4 Å². The molecule has 2 atom stereocenters.